The Labute approximate surface area is 150 Å². The highest BCUT2D eigenvalue weighted by Crippen LogP contribution is 2.38. The first-order valence-electron chi connectivity index (χ1n) is 8.19. The van der Waals surface area contributed by atoms with Crippen LogP contribution in [-0.4, -0.2) is 54.0 Å². The number of ether oxygens (including phenoxy) is 2. The first kappa shape index (κ1) is 16.1. The molecule has 0 aliphatic carbocycles. The van der Waals surface area contributed by atoms with Gasteiger partial charge in [0.15, 0.2) is 11.5 Å². The van der Waals surface area contributed by atoms with Crippen LogP contribution in [0.4, 0.5) is 5.69 Å². The van der Waals surface area contributed by atoms with E-state index in [1.165, 1.54) is 0 Å². The molecule has 4 rings (SSSR count). The van der Waals surface area contributed by atoms with Crippen LogP contribution in [0, 0.1) is 0 Å². The van der Waals surface area contributed by atoms with Crippen molar-refractivity contribution in [1.29, 1.82) is 0 Å². The molecule has 1 N–H and O–H groups in total. The molecule has 26 heavy (non-hydrogen) atoms. The molecule has 2 aliphatic rings. The average Bonchev–Trinajstić information content (AvgIpc) is 3.18. The van der Waals surface area contributed by atoms with E-state index in [1.807, 2.05) is 17.0 Å². The highest BCUT2D eigenvalue weighted by molar-refractivity contribution is 6.20. The second kappa shape index (κ2) is 6.51. The van der Waals surface area contributed by atoms with Crippen molar-refractivity contribution in [2.24, 2.45) is 9.98 Å². The second-order valence-corrected chi connectivity index (χ2v) is 5.82. The van der Waals surface area contributed by atoms with E-state index >= 15 is 0 Å². The van der Waals surface area contributed by atoms with Crippen molar-refractivity contribution in [3.63, 3.8) is 0 Å². The monoisotopic (exact) mass is 350 g/mol. The minimum Gasteiger partial charge on any atom is -0.507 e. The predicted octanol–water partition coefficient (Wildman–Crippen LogP) is 2.80. The summed E-state index contributed by atoms with van der Waals surface area (Å²) in [5, 5.41) is 10.5. The number of amidine groups is 2. The molecular weight excluding hydrogens is 332 g/mol. The van der Waals surface area contributed by atoms with Gasteiger partial charge in [-0.1, -0.05) is 0 Å². The molecule has 7 nitrogen and oxygen atoms in total. The van der Waals surface area contributed by atoms with Gasteiger partial charge < -0.3 is 19.5 Å². The summed E-state index contributed by atoms with van der Waals surface area (Å²) in [6, 6.07) is 7.28. The zero-order chi connectivity index (χ0) is 18.1. The van der Waals surface area contributed by atoms with Gasteiger partial charge in [0.1, 0.15) is 17.4 Å². The number of aliphatic hydroxyl groups excluding tert-OH is 1. The van der Waals surface area contributed by atoms with Crippen molar-refractivity contribution in [1.82, 2.24) is 9.88 Å². The summed E-state index contributed by atoms with van der Waals surface area (Å²) in [7, 11) is 3.19. The average molecular weight is 350 g/mol. The van der Waals surface area contributed by atoms with Crippen LogP contribution in [0.3, 0.4) is 0 Å². The molecule has 0 unspecified atom stereocenters. The molecule has 132 valence electrons. The van der Waals surface area contributed by atoms with Gasteiger partial charge in [-0.3, -0.25) is 9.98 Å². The third-order valence-electron chi connectivity index (χ3n) is 4.32. The van der Waals surface area contributed by atoms with Gasteiger partial charge >= 0.3 is 0 Å². The van der Waals surface area contributed by atoms with Crippen LogP contribution < -0.4 is 9.47 Å². The maximum Gasteiger partial charge on any atom is 0.162 e. The predicted molar refractivity (Wildman–Crippen MR) is 99.6 cm³/mol. The highest BCUT2D eigenvalue weighted by Gasteiger charge is 2.30. The van der Waals surface area contributed by atoms with Gasteiger partial charge in [0.25, 0.3) is 0 Å². The number of nitrogens with zero attached hydrogens (tertiary/aromatic N) is 4. The van der Waals surface area contributed by atoms with Crippen LogP contribution in [0.25, 0.3) is 5.76 Å². The highest BCUT2D eigenvalue weighted by atomic mass is 16.5. The van der Waals surface area contributed by atoms with Crippen LogP contribution >= 0.6 is 0 Å². The van der Waals surface area contributed by atoms with E-state index in [0.29, 0.717) is 36.0 Å². The van der Waals surface area contributed by atoms with E-state index in [-0.39, 0.29) is 5.76 Å². The zero-order valence-corrected chi connectivity index (χ0v) is 14.5. The molecule has 0 saturated carbocycles. The minimum absolute atomic E-state index is 0.104. The van der Waals surface area contributed by atoms with Gasteiger partial charge in [-0.2, -0.15) is 0 Å². The van der Waals surface area contributed by atoms with Gasteiger partial charge in [0, 0.05) is 42.2 Å². The van der Waals surface area contributed by atoms with E-state index in [2.05, 4.69) is 9.98 Å². The van der Waals surface area contributed by atoms with E-state index in [1.54, 1.807) is 44.8 Å². The van der Waals surface area contributed by atoms with Crippen molar-refractivity contribution in [2.75, 3.05) is 27.3 Å². The summed E-state index contributed by atoms with van der Waals surface area (Å²) < 4.78 is 10.8. The van der Waals surface area contributed by atoms with Gasteiger partial charge in [-0.15, -0.1) is 0 Å². The fourth-order valence-electron chi connectivity index (χ4n) is 3.05. The number of aromatic nitrogens is 1. The molecule has 2 aromatic rings. The topological polar surface area (TPSA) is 79.5 Å². The van der Waals surface area contributed by atoms with Crippen LogP contribution in [0.15, 0.2) is 52.7 Å². The molecular formula is C19H18N4O3. The van der Waals surface area contributed by atoms with Crippen molar-refractivity contribution in [2.45, 2.75) is 0 Å². The third-order valence-corrected chi connectivity index (χ3v) is 4.32. The minimum atomic E-state index is 0.104. The summed E-state index contributed by atoms with van der Waals surface area (Å²) in [6.07, 6.45) is 4.91. The maximum atomic E-state index is 10.5. The lowest BCUT2D eigenvalue weighted by Gasteiger charge is -2.26. The standard InChI is InChI=1S/C19H18N4O3/c1-25-16-8-13-14(9-17(16)26-2)22-18(23-7-6-21-19(13)23)10-15(24)12-4-3-5-20-11-12/h3-5,8-11,24H,6-7H2,1-2H3. The van der Waals surface area contributed by atoms with Gasteiger partial charge in [-0.25, -0.2) is 4.99 Å². The molecule has 3 heterocycles. The summed E-state index contributed by atoms with van der Waals surface area (Å²) >= 11 is 0. The molecule has 1 aromatic carbocycles. The van der Waals surface area contributed by atoms with Crippen LogP contribution in [0.1, 0.15) is 11.1 Å². The number of hydrogen-bond acceptors (Lipinski definition) is 7. The van der Waals surface area contributed by atoms with E-state index in [0.717, 1.165) is 17.1 Å². The number of aliphatic imine (C=N–C) groups is 2. The number of fused-ring (bicyclic) bond motifs is 3. The number of hydrogen-bond donors (Lipinski definition) is 1. The van der Waals surface area contributed by atoms with E-state index < -0.39 is 0 Å². The van der Waals surface area contributed by atoms with E-state index in [9.17, 15) is 5.11 Å². The molecule has 0 saturated heterocycles. The first-order valence-corrected chi connectivity index (χ1v) is 8.19. The molecule has 2 aliphatic heterocycles. The van der Waals surface area contributed by atoms with Crippen LogP contribution in [-0.2, 0) is 0 Å². The SMILES string of the molecule is COc1cc2c(cc1OC)C1=NCCN1C(C=C(O)c1cccnc1)=N2. The van der Waals surface area contributed by atoms with Gasteiger partial charge in [-0.05, 0) is 18.2 Å². The van der Waals surface area contributed by atoms with Crippen molar-refractivity contribution in [3.05, 3.63) is 53.9 Å². The Hall–Kier alpha value is -3.35. The Morgan fingerprint density at radius 3 is 2.77 bits per heavy atom. The van der Waals surface area contributed by atoms with Gasteiger partial charge in [0.2, 0.25) is 0 Å². The first-order chi connectivity index (χ1) is 12.7. The summed E-state index contributed by atoms with van der Waals surface area (Å²) in [4.78, 5) is 15.3. The zero-order valence-electron chi connectivity index (χ0n) is 14.5. The van der Waals surface area contributed by atoms with Crippen molar-refractivity contribution < 1.29 is 14.6 Å². The van der Waals surface area contributed by atoms with E-state index in [4.69, 9.17) is 14.5 Å². The summed E-state index contributed by atoms with van der Waals surface area (Å²) in [5.74, 6) is 2.78. The number of benzene rings is 1. The third kappa shape index (κ3) is 2.67. The Kier molecular flexibility index (Phi) is 4.04. The molecule has 0 amide bonds. The number of methoxy groups -OCH3 is 2. The number of pyridine rings is 1. The molecule has 0 bridgehead atoms. The fraction of sp³-hybridized carbons (Fsp3) is 0.211. The van der Waals surface area contributed by atoms with Crippen LogP contribution in [0.2, 0.25) is 0 Å². The Balaban J connectivity index is 1.82. The fourth-order valence-corrected chi connectivity index (χ4v) is 3.05. The lowest BCUT2D eigenvalue weighted by Crippen LogP contribution is -2.36. The quantitative estimate of drug-likeness (QED) is 0.858. The van der Waals surface area contributed by atoms with Crippen LogP contribution in [0.5, 0.6) is 11.5 Å². The lowest BCUT2D eigenvalue weighted by molar-refractivity contribution is 0.355. The van der Waals surface area contributed by atoms with Crippen molar-refractivity contribution >= 4 is 23.1 Å². The lowest BCUT2D eigenvalue weighted by atomic mass is 10.1. The maximum absolute atomic E-state index is 10.5. The molecule has 0 atom stereocenters. The smallest absolute Gasteiger partial charge is 0.162 e. The molecule has 0 fully saturated rings. The van der Waals surface area contributed by atoms with Crippen molar-refractivity contribution in [3.8, 4) is 11.5 Å². The molecule has 0 spiro atoms. The molecule has 1 aromatic heterocycles. The number of rotatable bonds is 4. The normalized spacial score (nSPS) is 15.8. The molecule has 7 heteroatoms. The Morgan fingerprint density at radius 1 is 1.23 bits per heavy atom. The molecule has 0 radical (unpaired) electrons. The largest absolute Gasteiger partial charge is 0.507 e. The summed E-state index contributed by atoms with van der Waals surface area (Å²) in [5.41, 5.74) is 2.24. The summed E-state index contributed by atoms with van der Waals surface area (Å²) in [6.45, 7) is 1.38. The Bertz CT molecular complexity index is 935. The second-order valence-electron chi connectivity index (χ2n) is 5.82. The Morgan fingerprint density at radius 2 is 2.04 bits per heavy atom. The van der Waals surface area contributed by atoms with Gasteiger partial charge in [0.05, 0.1) is 26.5 Å². The number of aliphatic hydroxyl groups is 1.